The molecule has 1 aliphatic rings. The topological polar surface area (TPSA) is 53.8 Å². The summed E-state index contributed by atoms with van der Waals surface area (Å²) < 4.78 is 5.52. The van der Waals surface area contributed by atoms with Crippen molar-refractivity contribution in [1.29, 1.82) is 0 Å². The molecule has 3 aromatic rings. The minimum Gasteiger partial charge on any atom is -0.422 e. The van der Waals surface area contributed by atoms with E-state index in [2.05, 4.69) is 23.6 Å². The van der Waals surface area contributed by atoms with Gasteiger partial charge in [-0.05, 0) is 30.2 Å². The second kappa shape index (κ2) is 7.72. The first kappa shape index (κ1) is 18.0. The van der Waals surface area contributed by atoms with Gasteiger partial charge in [0.05, 0.1) is 0 Å². The number of carbonyl (C=O) groups excluding carboxylic acids is 1. The average Bonchev–Trinajstić information content (AvgIpc) is 2.74. The predicted molar refractivity (Wildman–Crippen MR) is 111 cm³/mol. The second-order valence-electron chi connectivity index (χ2n) is 6.89. The van der Waals surface area contributed by atoms with Crippen LogP contribution in [0.25, 0.3) is 11.0 Å². The van der Waals surface area contributed by atoms with Crippen molar-refractivity contribution in [3.05, 3.63) is 88.8 Å². The first-order chi connectivity index (χ1) is 13.7. The van der Waals surface area contributed by atoms with E-state index < -0.39 is 5.63 Å². The molecule has 5 heteroatoms. The monoisotopic (exact) mass is 374 g/mol. The number of hydrogen-bond acceptors (Lipinski definition) is 4. The molecular formula is C23H22N2O3. The van der Waals surface area contributed by atoms with Gasteiger partial charge in [0.15, 0.2) is 0 Å². The van der Waals surface area contributed by atoms with Crippen LogP contribution in [0.2, 0.25) is 0 Å². The SMILES string of the molecule is C=CCc1cccc2cc(C(=O)N3CCN(c4ccccc4)CC3)c(=O)oc12. The third kappa shape index (κ3) is 3.43. The number of carbonyl (C=O) groups is 1. The maximum absolute atomic E-state index is 12.9. The molecule has 1 fully saturated rings. The van der Waals surface area contributed by atoms with E-state index in [4.69, 9.17) is 4.42 Å². The average molecular weight is 374 g/mol. The van der Waals surface area contributed by atoms with Crippen molar-refractivity contribution in [2.45, 2.75) is 6.42 Å². The molecule has 2 aromatic carbocycles. The van der Waals surface area contributed by atoms with Crippen molar-refractivity contribution in [2.75, 3.05) is 31.1 Å². The number of anilines is 1. The van der Waals surface area contributed by atoms with Crippen LogP contribution >= 0.6 is 0 Å². The lowest BCUT2D eigenvalue weighted by Gasteiger charge is -2.36. The Labute approximate surface area is 163 Å². The van der Waals surface area contributed by atoms with Crippen LogP contribution < -0.4 is 10.5 Å². The van der Waals surface area contributed by atoms with E-state index in [1.54, 1.807) is 17.0 Å². The molecule has 2 heterocycles. The summed E-state index contributed by atoms with van der Waals surface area (Å²) in [5.41, 5.74) is 2.07. The Morgan fingerprint density at radius 1 is 1.04 bits per heavy atom. The Morgan fingerprint density at radius 2 is 1.79 bits per heavy atom. The fourth-order valence-electron chi connectivity index (χ4n) is 3.65. The molecule has 0 aliphatic carbocycles. The van der Waals surface area contributed by atoms with Gasteiger partial charge in [-0.3, -0.25) is 4.79 Å². The van der Waals surface area contributed by atoms with E-state index in [1.165, 1.54) is 0 Å². The van der Waals surface area contributed by atoms with E-state index in [1.807, 2.05) is 36.4 Å². The zero-order valence-corrected chi connectivity index (χ0v) is 15.6. The highest BCUT2D eigenvalue weighted by molar-refractivity contribution is 5.97. The maximum Gasteiger partial charge on any atom is 0.349 e. The molecule has 4 rings (SSSR count). The molecule has 142 valence electrons. The standard InChI is InChI=1S/C23H22N2O3/c1-2-7-17-8-6-9-18-16-20(23(27)28-21(17)18)22(26)25-14-12-24(13-15-25)19-10-4-3-5-11-19/h2-6,8-11,16H,1,7,12-15H2. The molecule has 0 unspecified atom stereocenters. The molecule has 1 saturated heterocycles. The van der Waals surface area contributed by atoms with Gasteiger partial charge in [-0.15, -0.1) is 6.58 Å². The number of benzene rings is 2. The first-order valence-corrected chi connectivity index (χ1v) is 9.43. The zero-order valence-electron chi connectivity index (χ0n) is 15.6. The van der Waals surface area contributed by atoms with Gasteiger partial charge in [0.2, 0.25) is 0 Å². The largest absolute Gasteiger partial charge is 0.422 e. The summed E-state index contributed by atoms with van der Waals surface area (Å²) in [5.74, 6) is -0.266. The van der Waals surface area contributed by atoms with Crippen LogP contribution in [-0.2, 0) is 6.42 Å². The summed E-state index contributed by atoms with van der Waals surface area (Å²) in [7, 11) is 0. The van der Waals surface area contributed by atoms with Crippen molar-refractivity contribution in [1.82, 2.24) is 4.90 Å². The number of allylic oxidation sites excluding steroid dienone is 1. The van der Waals surface area contributed by atoms with Gasteiger partial charge in [-0.1, -0.05) is 42.5 Å². The minimum absolute atomic E-state index is 0.0939. The minimum atomic E-state index is -0.584. The third-order valence-corrected chi connectivity index (χ3v) is 5.12. The summed E-state index contributed by atoms with van der Waals surface area (Å²) in [6.07, 6.45) is 2.37. The highest BCUT2D eigenvalue weighted by atomic mass is 16.4. The summed E-state index contributed by atoms with van der Waals surface area (Å²) in [6, 6.07) is 17.4. The van der Waals surface area contributed by atoms with Crippen molar-refractivity contribution >= 4 is 22.6 Å². The normalized spacial score (nSPS) is 14.3. The zero-order chi connectivity index (χ0) is 19.5. The van der Waals surface area contributed by atoms with E-state index in [-0.39, 0.29) is 11.5 Å². The van der Waals surface area contributed by atoms with Gasteiger partial charge >= 0.3 is 5.63 Å². The summed E-state index contributed by atoms with van der Waals surface area (Å²) in [5, 5.41) is 0.755. The number of piperazine rings is 1. The van der Waals surface area contributed by atoms with Crippen LogP contribution in [-0.4, -0.2) is 37.0 Å². The predicted octanol–water partition coefficient (Wildman–Crippen LogP) is 3.48. The Kier molecular flexibility index (Phi) is 4.98. The van der Waals surface area contributed by atoms with Gasteiger partial charge in [-0.25, -0.2) is 4.79 Å². The van der Waals surface area contributed by atoms with Crippen LogP contribution in [0, 0.1) is 0 Å². The van der Waals surface area contributed by atoms with Crippen molar-refractivity contribution in [3.63, 3.8) is 0 Å². The number of nitrogens with zero attached hydrogens (tertiary/aromatic N) is 2. The molecule has 0 bridgehead atoms. The molecule has 0 radical (unpaired) electrons. The lowest BCUT2D eigenvalue weighted by Crippen LogP contribution is -2.49. The molecule has 0 saturated carbocycles. The van der Waals surface area contributed by atoms with Gasteiger partial charge in [0.25, 0.3) is 5.91 Å². The lowest BCUT2D eigenvalue weighted by molar-refractivity contribution is 0.0742. The fraction of sp³-hybridized carbons (Fsp3) is 0.217. The fourth-order valence-corrected chi connectivity index (χ4v) is 3.65. The van der Waals surface area contributed by atoms with Crippen LogP contribution in [0.15, 0.2) is 76.5 Å². The molecule has 0 atom stereocenters. The molecule has 0 spiro atoms. The quantitative estimate of drug-likeness (QED) is 0.518. The van der Waals surface area contributed by atoms with Crippen molar-refractivity contribution in [2.24, 2.45) is 0 Å². The van der Waals surface area contributed by atoms with E-state index >= 15 is 0 Å². The number of amides is 1. The maximum atomic E-state index is 12.9. The number of rotatable bonds is 4. The molecule has 28 heavy (non-hydrogen) atoms. The van der Waals surface area contributed by atoms with E-state index in [0.29, 0.717) is 25.1 Å². The Morgan fingerprint density at radius 3 is 2.50 bits per heavy atom. The summed E-state index contributed by atoms with van der Waals surface area (Å²) in [6.45, 7) is 6.35. The van der Waals surface area contributed by atoms with Crippen LogP contribution in [0.3, 0.4) is 0 Å². The van der Waals surface area contributed by atoms with Gasteiger partial charge < -0.3 is 14.2 Å². The van der Waals surface area contributed by atoms with Crippen LogP contribution in [0.1, 0.15) is 15.9 Å². The van der Waals surface area contributed by atoms with Crippen molar-refractivity contribution < 1.29 is 9.21 Å². The molecule has 1 aromatic heterocycles. The van der Waals surface area contributed by atoms with Gasteiger partial charge in [-0.2, -0.15) is 0 Å². The van der Waals surface area contributed by atoms with Gasteiger partial charge in [0, 0.05) is 37.3 Å². The van der Waals surface area contributed by atoms with Crippen LogP contribution in [0.4, 0.5) is 5.69 Å². The second-order valence-corrected chi connectivity index (χ2v) is 6.89. The number of fused-ring (bicyclic) bond motifs is 1. The van der Waals surface area contributed by atoms with Gasteiger partial charge in [0.1, 0.15) is 11.1 Å². The molecular weight excluding hydrogens is 352 g/mol. The first-order valence-electron chi connectivity index (χ1n) is 9.43. The van der Waals surface area contributed by atoms with Crippen molar-refractivity contribution in [3.8, 4) is 0 Å². The Bertz CT molecular complexity index is 1060. The summed E-state index contributed by atoms with van der Waals surface area (Å²) in [4.78, 5) is 29.4. The van der Waals surface area contributed by atoms with Crippen LogP contribution in [0.5, 0.6) is 0 Å². The van der Waals surface area contributed by atoms with E-state index in [0.717, 1.165) is 29.7 Å². The highest BCUT2D eigenvalue weighted by Gasteiger charge is 2.25. The molecule has 5 nitrogen and oxygen atoms in total. The smallest absolute Gasteiger partial charge is 0.349 e. The van der Waals surface area contributed by atoms with E-state index in [9.17, 15) is 9.59 Å². The lowest BCUT2D eigenvalue weighted by atomic mass is 10.1. The molecule has 1 amide bonds. The highest BCUT2D eigenvalue weighted by Crippen LogP contribution is 2.21. The number of para-hydroxylation sites is 2. The Balaban J connectivity index is 1.55. The third-order valence-electron chi connectivity index (χ3n) is 5.12. The number of hydrogen-bond donors (Lipinski definition) is 0. The molecule has 1 aliphatic heterocycles. The molecule has 0 N–H and O–H groups in total. The summed E-state index contributed by atoms with van der Waals surface area (Å²) >= 11 is 0. The Hall–Kier alpha value is -3.34.